The van der Waals surface area contributed by atoms with Crippen LogP contribution in [0.2, 0.25) is 0 Å². The number of nitrogens with one attached hydrogen (secondary N) is 1. The summed E-state index contributed by atoms with van der Waals surface area (Å²) >= 11 is 1.19. The maximum Gasteiger partial charge on any atom is 0.338 e. The summed E-state index contributed by atoms with van der Waals surface area (Å²) in [4.78, 5) is 27.2. The van der Waals surface area contributed by atoms with Crippen molar-refractivity contribution in [3.63, 3.8) is 0 Å². The summed E-state index contributed by atoms with van der Waals surface area (Å²) < 4.78 is 37.7. The molecule has 0 aromatic heterocycles. The van der Waals surface area contributed by atoms with Crippen molar-refractivity contribution in [1.82, 2.24) is 5.32 Å². The Bertz CT molecular complexity index is 1210. The highest BCUT2D eigenvalue weighted by atomic mass is 32.2. The van der Waals surface area contributed by atoms with E-state index in [0.29, 0.717) is 22.4 Å². The van der Waals surface area contributed by atoms with Crippen LogP contribution in [0.25, 0.3) is 0 Å². The molecule has 2 aliphatic rings. The maximum atomic E-state index is 12.5. The first-order chi connectivity index (χ1) is 15.3. The van der Waals surface area contributed by atoms with E-state index in [1.165, 1.54) is 11.8 Å². The lowest BCUT2D eigenvalue weighted by Crippen LogP contribution is -2.35. The lowest BCUT2D eigenvalue weighted by atomic mass is 10.1. The molecule has 0 aliphatic carbocycles. The molecule has 0 saturated heterocycles. The molecule has 2 aromatic rings. The Kier molecular flexibility index (Phi) is 6.11. The number of benzene rings is 2. The van der Waals surface area contributed by atoms with Crippen molar-refractivity contribution in [2.24, 2.45) is 4.40 Å². The molecule has 2 aliphatic heterocycles. The van der Waals surface area contributed by atoms with E-state index in [4.69, 9.17) is 9.47 Å². The smallest absolute Gasteiger partial charge is 0.338 e. The Balaban J connectivity index is 1.37. The molecule has 2 aromatic carbocycles. The second kappa shape index (κ2) is 8.83. The fourth-order valence-electron chi connectivity index (χ4n) is 3.46. The monoisotopic (exact) mass is 475 g/mol. The zero-order valence-corrected chi connectivity index (χ0v) is 19.0. The number of amidine groups is 1. The summed E-state index contributed by atoms with van der Waals surface area (Å²) in [6.07, 6.45) is 0. The number of thioether (sulfide) groups is 1. The van der Waals surface area contributed by atoms with Crippen LogP contribution >= 0.6 is 11.8 Å². The number of carbonyl (C=O) groups excluding carboxylic acids is 2. The molecule has 0 bridgehead atoms. The third kappa shape index (κ3) is 4.58. The standard InChI is InChI=1S/C21H21N3O6S2/c1-13(15-5-3-4-6-17(15)29-2)22-19(25)12-30-20(26)14-7-8-16-18(11-14)31-21-23-32(27,28)10-9-24(16)21/h3-8,11,13H,9-10,12H2,1-2H3,(H,22,25). The average molecular weight is 476 g/mol. The molecule has 9 nitrogen and oxygen atoms in total. The third-order valence-corrected chi connectivity index (χ3v) is 7.33. The number of rotatable bonds is 6. The number of ether oxygens (including phenoxy) is 2. The molecule has 1 unspecified atom stereocenters. The second-order valence-electron chi connectivity index (χ2n) is 7.20. The van der Waals surface area contributed by atoms with Crippen LogP contribution in [0.5, 0.6) is 5.75 Å². The Morgan fingerprint density at radius 2 is 2.03 bits per heavy atom. The minimum Gasteiger partial charge on any atom is -0.496 e. The molecule has 2 heterocycles. The van der Waals surface area contributed by atoms with E-state index in [1.807, 2.05) is 30.0 Å². The quantitative estimate of drug-likeness (QED) is 0.634. The molecular weight excluding hydrogens is 454 g/mol. The van der Waals surface area contributed by atoms with Crippen LogP contribution in [0.3, 0.4) is 0 Å². The average Bonchev–Trinajstić information content (AvgIpc) is 3.12. The lowest BCUT2D eigenvalue weighted by Gasteiger charge is -2.22. The maximum absolute atomic E-state index is 12.5. The number of amides is 1. The highest BCUT2D eigenvalue weighted by Gasteiger charge is 2.33. The van der Waals surface area contributed by atoms with Crippen molar-refractivity contribution < 1.29 is 27.5 Å². The Labute approximate surface area is 189 Å². The number of hydrogen-bond acceptors (Lipinski definition) is 8. The number of methoxy groups -OCH3 is 1. The summed E-state index contributed by atoms with van der Waals surface area (Å²) in [6, 6.07) is 11.9. The first kappa shape index (κ1) is 22.2. The zero-order valence-electron chi connectivity index (χ0n) is 17.4. The Hall–Kier alpha value is -3.05. The minimum atomic E-state index is -3.45. The van der Waals surface area contributed by atoms with Crippen LogP contribution in [0, 0.1) is 0 Å². The SMILES string of the molecule is COc1ccccc1C(C)NC(=O)COC(=O)c1ccc2c(c1)SC1=NS(=O)(=O)CCN12. The number of sulfonamides is 1. The molecule has 4 rings (SSSR count). The topological polar surface area (TPSA) is 114 Å². The van der Waals surface area contributed by atoms with E-state index in [-0.39, 0.29) is 17.4 Å². The summed E-state index contributed by atoms with van der Waals surface area (Å²) in [5.41, 5.74) is 1.88. The van der Waals surface area contributed by atoms with Gasteiger partial charge in [0.25, 0.3) is 15.9 Å². The molecular formula is C21H21N3O6S2. The summed E-state index contributed by atoms with van der Waals surface area (Å²) in [5.74, 6) is -0.485. The number of carbonyl (C=O) groups is 2. The molecule has 1 amide bonds. The van der Waals surface area contributed by atoms with Crippen molar-refractivity contribution in [1.29, 1.82) is 0 Å². The Morgan fingerprint density at radius 1 is 1.25 bits per heavy atom. The molecule has 1 N–H and O–H groups in total. The minimum absolute atomic E-state index is 0.0529. The van der Waals surface area contributed by atoms with Gasteiger partial charge in [-0.1, -0.05) is 18.2 Å². The van der Waals surface area contributed by atoms with E-state index in [1.54, 1.807) is 31.4 Å². The van der Waals surface area contributed by atoms with Crippen LogP contribution < -0.4 is 15.0 Å². The van der Waals surface area contributed by atoms with Crippen molar-refractivity contribution in [3.05, 3.63) is 53.6 Å². The number of fused-ring (bicyclic) bond motifs is 3. The van der Waals surface area contributed by atoms with Gasteiger partial charge >= 0.3 is 5.97 Å². The van der Waals surface area contributed by atoms with Gasteiger partial charge < -0.3 is 19.7 Å². The van der Waals surface area contributed by atoms with Gasteiger partial charge in [-0.2, -0.15) is 0 Å². The number of para-hydroxylation sites is 1. The van der Waals surface area contributed by atoms with E-state index in [2.05, 4.69) is 9.71 Å². The molecule has 0 radical (unpaired) electrons. The number of anilines is 1. The fraction of sp³-hybridized carbons (Fsp3) is 0.286. The first-order valence-corrected chi connectivity index (χ1v) is 12.2. The van der Waals surface area contributed by atoms with Crippen LogP contribution in [-0.2, 0) is 19.6 Å². The van der Waals surface area contributed by atoms with Gasteiger partial charge in [0.1, 0.15) is 5.75 Å². The molecule has 168 valence electrons. The summed E-state index contributed by atoms with van der Waals surface area (Å²) in [6.45, 7) is 1.70. The van der Waals surface area contributed by atoms with Crippen LogP contribution in [-0.4, -0.2) is 51.5 Å². The molecule has 0 fully saturated rings. The molecule has 11 heteroatoms. The van der Waals surface area contributed by atoms with Crippen molar-refractivity contribution in [2.75, 3.05) is 30.9 Å². The van der Waals surface area contributed by atoms with Gasteiger partial charge in [0.15, 0.2) is 11.8 Å². The highest BCUT2D eigenvalue weighted by Crippen LogP contribution is 2.42. The van der Waals surface area contributed by atoms with E-state index in [9.17, 15) is 18.0 Å². The fourth-order valence-corrected chi connectivity index (χ4v) is 5.75. The predicted molar refractivity (Wildman–Crippen MR) is 121 cm³/mol. The van der Waals surface area contributed by atoms with Gasteiger partial charge in [-0.3, -0.25) is 4.79 Å². The number of esters is 1. The second-order valence-corrected chi connectivity index (χ2v) is 9.97. The van der Waals surface area contributed by atoms with E-state index in [0.717, 1.165) is 11.3 Å². The predicted octanol–water partition coefficient (Wildman–Crippen LogP) is 2.34. The summed E-state index contributed by atoms with van der Waals surface area (Å²) in [7, 11) is -1.90. The zero-order chi connectivity index (χ0) is 22.9. The van der Waals surface area contributed by atoms with Gasteiger partial charge in [-0.15, -0.1) is 4.40 Å². The van der Waals surface area contributed by atoms with Gasteiger partial charge in [0.05, 0.1) is 30.2 Å². The number of nitrogens with zero attached hydrogens (tertiary/aromatic N) is 2. The van der Waals surface area contributed by atoms with Crippen LogP contribution in [0.15, 0.2) is 51.8 Å². The van der Waals surface area contributed by atoms with Crippen molar-refractivity contribution >= 4 is 44.5 Å². The van der Waals surface area contributed by atoms with Gasteiger partial charge in [-0.05, 0) is 43.0 Å². The van der Waals surface area contributed by atoms with Crippen molar-refractivity contribution in [3.8, 4) is 5.75 Å². The first-order valence-electron chi connectivity index (χ1n) is 9.79. The van der Waals surface area contributed by atoms with Gasteiger partial charge in [0, 0.05) is 17.0 Å². The molecule has 0 spiro atoms. The number of hydrogen-bond donors (Lipinski definition) is 1. The Morgan fingerprint density at radius 3 is 2.81 bits per heavy atom. The van der Waals surface area contributed by atoms with Crippen molar-refractivity contribution in [2.45, 2.75) is 17.9 Å². The molecule has 1 atom stereocenters. The normalized spacial score (nSPS) is 16.9. The largest absolute Gasteiger partial charge is 0.496 e. The van der Waals surface area contributed by atoms with Gasteiger partial charge in [0.2, 0.25) is 0 Å². The third-order valence-electron chi connectivity index (χ3n) is 5.03. The van der Waals surface area contributed by atoms with Crippen LogP contribution in [0.1, 0.15) is 28.9 Å². The van der Waals surface area contributed by atoms with E-state index >= 15 is 0 Å². The van der Waals surface area contributed by atoms with Gasteiger partial charge in [-0.25, -0.2) is 13.2 Å². The molecule has 0 saturated carbocycles. The summed E-state index contributed by atoms with van der Waals surface area (Å²) in [5, 5.41) is 3.16. The highest BCUT2D eigenvalue weighted by molar-refractivity contribution is 8.15. The molecule has 32 heavy (non-hydrogen) atoms. The van der Waals surface area contributed by atoms with Crippen LogP contribution in [0.4, 0.5) is 5.69 Å². The lowest BCUT2D eigenvalue weighted by molar-refractivity contribution is -0.124. The van der Waals surface area contributed by atoms with E-state index < -0.39 is 28.5 Å².